The molecule has 0 radical (unpaired) electrons. The smallest absolute Gasteiger partial charge is 0.408 e. The van der Waals surface area contributed by atoms with Crippen molar-refractivity contribution >= 4 is 46.5 Å². The Hall–Kier alpha value is -5.16. The highest BCUT2D eigenvalue weighted by molar-refractivity contribution is 7.13. The quantitative estimate of drug-likeness (QED) is 0.206. The van der Waals surface area contributed by atoms with Crippen LogP contribution in [0.4, 0.5) is 16.2 Å². The fourth-order valence-corrected chi connectivity index (χ4v) is 5.29. The van der Waals surface area contributed by atoms with Crippen LogP contribution in [0, 0.1) is 0 Å². The van der Waals surface area contributed by atoms with E-state index < -0.39 is 18.0 Å². The minimum absolute atomic E-state index is 0.0194. The van der Waals surface area contributed by atoms with E-state index in [2.05, 4.69) is 5.32 Å². The third-order valence-corrected chi connectivity index (χ3v) is 8.02. The molecule has 228 valence electrons. The summed E-state index contributed by atoms with van der Waals surface area (Å²) in [5, 5.41) is 15.0. The number of carboxylic acid groups (broad SMARTS) is 1. The molecule has 0 saturated carbocycles. The molecule has 1 atom stereocenters. The molecule has 0 bridgehead atoms. The number of thiophene rings is 1. The minimum Gasteiger partial charge on any atom is -0.465 e. The Bertz CT molecular complexity index is 1610. The number of nitrogen functional groups attached to an aromatic ring is 1. The topological polar surface area (TPSA) is 136 Å². The second kappa shape index (κ2) is 14.3. The maximum absolute atomic E-state index is 13.6. The average molecular weight is 614 g/mol. The van der Waals surface area contributed by atoms with Crippen molar-refractivity contribution in [2.24, 2.45) is 0 Å². The third-order valence-electron chi connectivity index (χ3n) is 7.10. The van der Waals surface area contributed by atoms with Gasteiger partial charge in [-0.3, -0.25) is 19.3 Å². The zero-order valence-electron chi connectivity index (χ0n) is 24.8. The molecule has 0 spiro atoms. The Labute approximate surface area is 260 Å². The maximum Gasteiger partial charge on any atom is 0.408 e. The fourth-order valence-electron chi connectivity index (χ4n) is 4.57. The molecule has 1 aromatic heterocycles. The van der Waals surface area contributed by atoms with E-state index in [1.54, 1.807) is 80.0 Å². The molecule has 0 saturated heterocycles. The van der Waals surface area contributed by atoms with Crippen molar-refractivity contribution in [2.45, 2.75) is 19.0 Å². The van der Waals surface area contributed by atoms with Gasteiger partial charge < -0.3 is 26.0 Å². The summed E-state index contributed by atoms with van der Waals surface area (Å²) in [6, 6.07) is 23.9. The third kappa shape index (κ3) is 8.01. The predicted molar refractivity (Wildman–Crippen MR) is 172 cm³/mol. The zero-order valence-corrected chi connectivity index (χ0v) is 25.6. The summed E-state index contributed by atoms with van der Waals surface area (Å²) in [4.78, 5) is 56.3. The monoisotopic (exact) mass is 613 g/mol. The number of amides is 4. The zero-order chi connectivity index (χ0) is 31.8. The summed E-state index contributed by atoms with van der Waals surface area (Å²) in [5.41, 5.74) is 9.72. The van der Waals surface area contributed by atoms with E-state index in [4.69, 9.17) is 5.73 Å². The summed E-state index contributed by atoms with van der Waals surface area (Å²) in [6.45, 7) is -0.217. The Balaban J connectivity index is 1.55. The van der Waals surface area contributed by atoms with Crippen molar-refractivity contribution in [3.63, 3.8) is 0 Å². The van der Waals surface area contributed by atoms with E-state index in [1.807, 2.05) is 35.7 Å². The van der Waals surface area contributed by atoms with Crippen molar-refractivity contribution in [1.82, 2.24) is 14.7 Å². The summed E-state index contributed by atoms with van der Waals surface area (Å²) in [5.74, 6) is -1.17. The second-order valence-electron chi connectivity index (χ2n) is 10.5. The SMILES string of the molecule is CN(C)C(=O)CN(C)C(=O)[C@H](Cc1ccc(C(=O)Nc2cc(-c3cccs3)ccc2N)cc1)N(Cc1ccccc1)C(=O)O. The average Bonchev–Trinajstić information content (AvgIpc) is 3.55. The van der Waals surface area contributed by atoms with Gasteiger partial charge in [-0.25, -0.2) is 4.79 Å². The summed E-state index contributed by atoms with van der Waals surface area (Å²) in [7, 11) is 4.65. The van der Waals surface area contributed by atoms with Crippen LogP contribution in [0.5, 0.6) is 0 Å². The Morgan fingerprint density at radius 1 is 0.886 bits per heavy atom. The van der Waals surface area contributed by atoms with Gasteiger partial charge in [-0.1, -0.05) is 54.6 Å². The first-order valence-corrected chi connectivity index (χ1v) is 14.7. The lowest BCUT2D eigenvalue weighted by atomic mass is 10.0. The normalized spacial score (nSPS) is 11.3. The van der Waals surface area contributed by atoms with Crippen molar-refractivity contribution in [3.05, 3.63) is 107 Å². The summed E-state index contributed by atoms with van der Waals surface area (Å²) < 4.78 is 0. The molecule has 4 amide bonds. The number of hydrogen-bond donors (Lipinski definition) is 3. The molecule has 4 aromatic rings. The lowest BCUT2D eigenvalue weighted by Gasteiger charge is -2.32. The number of nitrogens with zero attached hydrogens (tertiary/aromatic N) is 3. The van der Waals surface area contributed by atoms with Gasteiger partial charge in [0.25, 0.3) is 5.91 Å². The Morgan fingerprint density at radius 2 is 1.59 bits per heavy atom. The van der Waals surface area contributed by atoms with Crippen LogP contribution in [0.3, 0.4) is 0 Å². The number of anilines is 2. The number of carbonyl (C=O) groups is 4. The van der Waals surface area contributed by atoms with Gasteiger partial charge in [0.15, 0.2) is 0 Å². The van der Waals surface area contributed by atoms with Crippen LogP contribution in [0.1, 0.15) is 21.5 Å². The van der Waals surface area contributed by atoms with Crippen LogP contribution in [-0.2, 0) is 22.6 Å². The van der Waals surface area contributed by atoms with E-state index in [9.17, 15) is 24.3 Å². The largest absolute Gasteiger partial charge is 0.465 e. The molecular weight excluding hydrogens is 578 g/mol. The molecule has 3 aromatic carbocycles. The van der Waals surface area contributed by atoms with Crippen LogP contribution in [0.2, 0.25) is 0 Å². The number of carbonyl (C=O) groups excluding carboxylic acids is 3. The van der Waals surface area contributed by atoms with Crippen molar-refractivity contribution in [3.8, 4) is 10.4 Å². The van der Waals surface area contributed by atoms with E-state index in [-0.39, 0.29) is 31.3 Å². The molecule has 4 N–H and O–H groups in total. The molecule has 0 aliphatic heterocycles. The fraction of sp³-hybridized carbons (Fsp3) is 0.212. The van der Waals surface area contributed by atoms with Gasteiger partial charge in [0.2, 0.25) is 11.8 Å². The molecule has 44 heavy (non-hydrogen) atoms. The molecule has 4 rings (SSSR count). The van der Waals surface area contributed by atoms with Crippen LogP contribution in [0.25, 0.3) is 10.4 Å². The number of nitrogens with two attached hydrogens (primary N) is 1. The van der Waals surface area contributed by atoms with E-state index >= 15 is 0 Å². The highest BCUT2D eigenvalue weighted by Gasteiger charge is 2.33. The number of rotatable bonds is 11. The molecule has 0 fully saturated rings. The van der Waals surface area contributed by atoms with Gasteiger partial charge in [-0.2, -0.15) is 0 Å². The van der Waals surface area contributed by atoms with E-state index in [0.29, 0.717) is 28.1 Å². The molecule has 0 aliphatic carbocycles. The maximum atomic E-state index is 13.6. The number of nitrogens with one attached hydrogen (secondary N) is 1. The molecule has 0 unspecified atom stereocenters. The number of hydrogen-bond acceptors (Lipinski definition) is 6. The standard InChI is InChI=1S/C33H35N5O5S/c1-36(2)30(39)21-37(3)32(41)28(38(33(42)43)20-23-8-5-4-6-9-23)18-22-11-13-24(14-12-22)31(40)35-27-19-25(15-16-26(27)34)29-10-7-17-44-29/h4-17,19,28H,18,20-21,34H2,1-3H3,(H,35,40)(H,42,43)/t28-/m0/s1. The van der Waals surface area contributed by atoms with Gasteiger partial charge >= 0.3 is 6.09 Å². The van der Waals surface area contributed by atoms with E-state index in [0.717, 1.165) is 15.3 Å². The first-order chi connectivity index (χ1) is 21.0. The van der Waals surface area contributed by atoms with Crippen LogP contribution in [0.15, 0.2) is 90.3 Å². The van der Waals surface area contributed by atoms with Gasteiger partial charge in [-0.15, -0.1) is 11.3 Å². The van der Waals surface area contributed by atoms with Crippen LogP contribution < -0.4 is 11.1 Å². The number of likely N-dealkylation sites (N-methyl/N-ethyl adjacent to an activating group) is 2. The Morgan fingerprint density at radius 3 is 2.20 bits per heavy atom. The van der Waals surface area contributed by atoms with Gasteiger partial charge in [0, 0.05) is 44.5 Å². The van der Waals surface area contributed by atoms with Gasteiger partial charge in [-0.05, 0) is 52.4 Å². The molecular formula is C33H35N5O5S. The highest BCUT2D eigenvalue weighted by Crippen LogP contribution is 2.30. The van der Waals surface area contributed by atoms with Crippen LogP contribution >= 0.6 is 11.3 Å². The highest BCUT2D eigenvalue weighted by atomic mass is 32.1. The van der Waals surface area contributed by atoms with Crippen molar-refractivity contribution in [2.75, 3.05) is 38.7 Å². The number of benzene rings is 3. The van der Waals surface area contributed by atoms with E-state index in [1.165, 1.54) is 16.8 Å². The van der Waals surface area contributed by atoms with Crippen molar-refractivity contribution in [1.29, 1.82) is 0 Å². The summed E-state index contributed by atoms with van der Waals surface area (Å²) >= 11 is 1.58. The Kier molecular flexibility index (Phi) is 10.4. The molecule has 1 heterocycles. The predicted octanol–water partition coefficient (Wildman–Crippen LogP) is 4.89. The lowest BCUT2D eigenvalue weighted by Crippen LogP contribution is -2.52. The lowest BCUT2D eigenvalue weighted by molar-refractivity contribution is -0.141. The molecule has 0 aliphatic rings. The van der Waals surface area contributed by atoms with Crippen molar-refractivity contribution < 1.29 is 24.3 Å². The molecule has 10 nitrogen and oxygen atoms in total. The summed E-state index contributed by atoms with van der Waals surface area (Å²) in [6.07, 6.45) is -1.23. The first-order valence-electron chi connectivity index (χ1n) is 13.9. The van der Waals surface area contributed by atoms with Crippen LogP contribution in [-0.4, -0.2) is 77.4 Å². The minimum atomic E-state index is -1.27. The second-order valence-corrected chi connectivity index (χ2v) is 11.5. The van der Waals surface area contributed by atoms with Gasteiger partial charge in [0.05, 0.1) is 17.9 Å². The first kappa shape index (κ1) is 31.8. The molecule has 11 heteroatoms. The van der Waals surface area contributed by atoms with Gasteiger partial charge in [0.1, 0.15) is 6.04 Å².